The SMILES string of the molecule is CNc1cc(Nc2ccc(-c3ccn[nH]3)cc2)ncn1. The number of rotatable bonds is 4. The Hall–Kier alpha value is -2.89. The van der Waals surface area contributed by atoms with Crippen molar-refractivity contribution in [3.05, 3.63) is 48.9 Å². The van der Waals surface area contributed by atoms with Crippen molar-refractivity contribution in [1.82, 2.24) is 20.2 Å². The summed E-state index contributed by atoms with van der Waals surface area (Å²) in [5, 5.41) is 13.1. The van der Waals surface area contributed by atoms with Crippen LogP contribution in [0.25, 0.3) is 11.3 Å². The molecule has 6 nitrogen and oxygen atoms in total. The summed E-state index contributed by atoms with van der Waals surface area (Å²) in [5.41, 5.74) is 3.05. The van der Waals surface area contributed by atoms with Gasteiger partial charge in [0.15, 0.2) is 0 Å². The molecule has 2 aromatic heterocycles. The molecule has 0 radical (unpaired) electrons. The van der Waals surface area contributed by atoms with Crippen molar-refractivity contribution in [2.45, 2.75) is 0 Å². The van der Waals surface area contributed by atoms with Crippen molar-refractivity contribution in [3.8, 4) is 11.3 Å². The molecule has 6 heteroatoms. The first-order valence-corrected chi connectivity index (χ1v) is 6.22. The normalized spacial score (nSPS) is 10.2. The van der Waals surface area contributed by atoms with Gasteiger partial charge in [-0.15, -0.1) is 0 Å². The fourth-order valence-electron chi connectivity index (χ4n) is 1.86. The summed E-state index contributed by atoms with van der Waals surface area (Å²) in [6.45, 7) is 0. The van der Waals surface area contributed by atoms with E-state index in [4.69, 9.17) is 0 Å². The lowest BCUT2D eigenvalue weighted by atomic mass is 10.1. The third-order valence-electron chi connectivity index (χ3n) is 2.89. The van der Waals surface area contributed by atoms with Crippen LogP contribution >= 0.6 is 0 Å². The summed E-state index contributed by atoms with van der Waals surface area (Å²) in [6, 6.07) is 11.8. The Balaban J connectivity index is 1.78. The van der Waals surface area contributed by atoms with E-state index < -0.39 is 0 Å². The average Bonchev–Trinajstić information content (AvgIpc) is 3.02. The van der Waals surface area contributed by atoms with Crippen molar-refractivity contribution in [1.29, 1.82) is 0 Å². The van der Waals surface area contributed by atoms with E-state index in [2.05, 4.69) is 30.8 Å². The van der Waals surface area contributed by atoms with Gasteiger partial charge in [0.1, 0.15) is 18.0 Å². The second kappa shape index (κ2) is 5.40. The molecule has 2 heterocycles. The van der Waals surface area contributed by atoms with Gasteiger partial charge < -0.3 is 10.6 Å². The molecule has 20 heavy (non-hydrogen) atoms. The summed E-state index contributed by atoms with van der Waals surface area (Å²) in [7, 11) is 1.82. The van der Waals surface area contributed by atoms with E-state index in [-0.39, 0.29) is 0 Å². The fraction of sp³-hybridized carbons (Fsp3) is 0.0714. The van der Waals surface area contributed by atoms with E-state index in [0.717, 1.165) is 28.6 Å². The zero-order valence-electron chi connectivity index (χ0n) is 11.0. The molecule has 3 rings (SSSR count). The number of H-pyrrole nitrogens is 1. The van der Waals surface area contributed by atoms with Gasteiger partial charge in [-0.25, -0.2) is 9.97 Å². The summed E-state index contributed by atoms with van der Waals surface area (Å²) < 4.78 is 0. The molecular weight excluding hydrogens is 252 g/mol. The smallest absolute Gasteiger partial charge is 0.135 e. The van der Waals surface area contributed by atoms with Crippen molar-refractivity contribution < 1.29 is 0 Å². The van der Waals surface area contributed by atoms with Crippen LogP contribution in [-0.4, -0.2) is 27.2 Å². The van der Waals surface area contributed by atoms with E-state index in [0.29, 0.717) is 0 Å². The van der Waals surface area contributed by atoms with Crippen LogP contribution in [-0.2, 0) is 0 Å². The van der Waals surface area contributed by atoms with Crippen molar-refractivity contribution >= 4 is 17.3 Å². The van der Waals surface area contributed by atoms with Crippen LogP contribution in [0.3, 0.4) is 0 Å². The highest BCUT2D eigenvalue weighted by atomic mass is 15.1. The maximum atomic E-state index is 4.18. The fourth-order valence-corrected chi connectivity index (χ4v) is 1.86. The topological polar surface area (TPSA) is 78.5 Å². The van der Waals surface area contributed by atoms with Gasteiger partial charge in [0, 0.05) is 25.0 Å². The highest BCUT2D eigenvalue weighted by Crippen LogP contribution is 2.21. The van der Waals surface area contributed by atoms with E-state index in [9.17, 15) is 0 Å². The molecule has 0 spiro atoms. The summed E-state index contributed by atoms with van der Waals surface area (Å²) in [5.74, 6) is 1.52. The quantitative estimate of drug-likeness (QED) is 0.676. The van der Waals surface area contributed by atoms with Gasteiger partial charge in [-0.2, -0.15) is 5.10 Å². The van der Waals surface area contributed by atoms with Crippen molar-refractivity contribution in [2.75, 3.05) is 17.7 Å². The third kappa shape index (κ3) is 2.59. The number of hydrogen-bond donors (Lipinski definition) is 3. The molecule has 3 aromatic rings. The van der Waals surface area contributed by atoms with Crippen LogP contribution in [0.15, 0.2) is 48.9 Å². The lowest BCUT2D eigenvalue weighted by Crippen LogP contribution is -1.97. The minimum atomic E-state index is 0.749. The Morgan fingerprint density at radius 1 is 1.00 bits per heavy atom. The number of hydrogen-bond acceptors (Lipinski definition) is 5. The molecule has 0 atom stereocenters. The molecular formula is C14H14N6. The number of anilines is 3. The number of aromatic nitrogens is 4. The molecule has 0 aliphatic rings. The maximum absolute atomic E-state index is 4.18. The van der Waals surface area contributed by atoms with Crippen LogP contribution < -0.4 is 10.6 Å². The highest BCUT2D eigenvalue weighted by Gasteiger charge is 2.01. The zero-order chi connectivity index (χ0) is 13.8. The van der Waals surface area contributed by atoms with Gasteiger partial charge in [-0.1, -0.05) is 12.1 Å². The van der Waals surface area contributed by atoms with E-state index >= 15 is 0 Å². The van der Waals surface area contributed by atoms with Gasteiger partial charge in [0.05, 0.1) is 5.69 Å². The maximum Gasteiger partial charge on any atom is 0.135 e. The summed E-state index contributed by atoms with van der Waals surface area (Å²) >= 11 is 0. The zero-order valence-corrected chi connectivity index (χ0v) is 11.0. The molecule has 0 amide bonds. The molecule has 0 saturated carbocycles. The van der Waals surface area contributed by atoms with Gasteiger partial charge in [0.25, 0.3) is 0 Å². The minimum absolute atomic E-state index is 0.749. The van der Waals surface area contributed by atoms with E-state index in [1.54, 1.807) is 6.20 Å². The lowest BCUT2D eigenvalue weighted by molar-refractivity contribution is 1.10. The first kappa shape index (κ1) is 12.2. The number of aromatic amines is 1. The second-order valence-corrected chi connectivity index (χ2v) is 4.21. The van der Waals surface area contributed by atoms with E-state index in [1.807, 2.05) is 43.4 Å². The molecule has 1 aromatic carbocycles. The first-order chi connectivity index (χ1) is 9.85. The van der Waals surface area contributed by atoms with Gasteiger partial charge in [-0.3, -0.25) is 5.10 Å². The Morgan fingerprint density at radius 2 is 1.80 bits per heavy atom. The Morgan fingerprint density at radius 3 is 2.50 bits per heavy atom. The average molecular weight is 266 g/mol. The van der Waals surface area contributed by atoms with Crippen LogP contribution in [0.4, 0.5) is 17.3 Å². The second-order valence-electron chi connectivity index (χ2n) is 4.21. The predicted octanol–water partition coefficient (Wildman–Crippen LogP) is 2.65. The molecule has 0 aliphatic carbocycles. The molecule has 0 aliphatic heterocycles. The third-order valence-corrected chi connectivity index (χ3v) is 2.89. The van der Waals surface area contributed by atoms with Crippen LogP contribution in [0, 0.1) is 0 Å². The molecule has 0 saturated heterocycles. The monoisotopic (exact) mass is 266 g/mol. The molecule has 3 N–H and O–H groups in total. The highest BCUT2D eigenvalue weighted by molar-refractivity contribution is 5.65. The number of nitrogens with zero attached hydrogens (tertiary/aromatic N) is 3. The summed E-state index contributed by atoms with van der Waals surface area (Å²) in [6.07, 6.45) is 3.26. The van der Waals surface area contributed by atoms with Crippen LogP contribution in [0.2, 0.25) is 0 Å². The van der Waals surface area contributed by atoms with Crippen molar-refractivity contribution in [2.24, 2.45) is 0 Å². The predicted molar refractivity (Wildman–Crippen MR) is 78.9 cm³/mol. The molecule has 100 valence electrons. The largest absolute Gasteiger partial charge is 0.373 e. The lowest BCUT2D eigenvalue weighted by Gasteiger charge is -2.07. The minimum Gasteiger partial charge on any atom is -0.373 e. The van der Waals surface area contributed by atoms with Crippen LogP contribution in [0.5, 0.6) is 0 Å². The Bertz CT molecular complexity index is 675. The molecule has 0 bridgehead atoms. The van der Waals surface area contributed by atoms with Gasteiger partial charge in [-0.05, 0) is 23.8 Å². The van der Waals surface area contributed by atoms with E-state index in [1.165, 1.54) is 6.33 Å². The molecule has 0 fully saturated rings. The van der Waals surface area contributed by atoms with Crippen molar-refractivity contribution in [3.63, 3.8) is 0 Å². The Kier molecular flexibility index (Phi) is 3.28. The van der Waals surface area contributed by atoms with Gasteiger partial charge >= 0.3 is 0 Å². The first-order valence-electron chi connectivity index (χ1n) is 6.22. The Labute approximate surface area is 116 Å². The van der Waals surface area contributed by atoms with Gasteiger partial charge in [0.2, 0.25) is 0 Å². The molecule has 0 unspecified atom stereocenters. The number of nitrogens with one attached hydrogen (secondary N) is 3. The van der Waals surface area contributed by atoms with Crippen LogP contribution in [0.1, 0.15) is 0 Å². The standard InChI is InChI=1S/C14H14N6/c1-15-13-8-14(17-9-16-13)19-11-4-2-10(3-5-11)12-6-7-18-20-12/h2-9H,1H3,(H,18,20)(H2,15,16,17,19). The number of benzene rings is 1. The summed E-state index contributed by atoms with van der Waals surface area (Å²) in [4.78, 5) is 8.25.